The van der Waals surface area contributed by atoms with E-state index in [2.05, 4.69) is 47.6 Å². The molecular formula is C15H18N2. The number of rotatable bonds is 4. The van der Waals surface area contributed by atoms with Gasteiger partial charge in [0, 0.05) is 18.3 Å². The number of hydrogen-bond donors (Lipinski definition) is 1. The van der Waals surface area contributed by atoms with Crippen LogP contribution in [0.1, 0.15) is 18.1 Å². The molecule has 1 aromatic heterocycles. The van der Waals surface area contributed by atoms with Gasteiger partial charge in [0.05, 0.1) is 5.69 Å². The molecule has 0 spiro atoms. The summed E-state index contributed by atoms with van der Waals surface area (Å²) in [5.74, 6) is 0. The van der Waals surface area contributed by atoms with E-state index in [1.807, 2.05) is 19.3 Å². The molecule has 0 aliphatic heterocycles. The molecule has 1 aromatic carbocycles. The Hall–Kier alpha value is -1.67. The largest absolute Gasteiger partial charge is 0.316 e. The van der Waals surface area contributed by atoms with Gasteiger partial charge in [0.1, 0.15) is 0 Å². The Labute approximate surface area is 103 Å². The van der Waals surface area contributed by atoms with Gasteiger partial charge in [-0.1, -0.05) is 31.2 Å². The molecule has 0 unspecified atom stereocenters. The molecule has 2 nitrogen and oxygen atoms in total. The van der Waals surface area contributed by atoms with E-state index in [0.29, 0.717) is 0 Å². The highest BCUT2D eigenvalue weighted by atomic mass is 14.8. The lowest BCUT2D eigenvalue weighted by molar-refractivity contribution is 0.816. The predicted molar refractivity (Wildman–Crippen MR) is 71.8 cm³/mol. The van der Waals surface area contributed by atoms with Crippen LogP contribution in [0.4, 0.5) is 0 Å². The van der Waals surface area contributed by atoms with Gasteiger partial charge < -0.3 is 5.32 Å². The molecule has 1 heterocycles. The van der Waals surface area contributed by atoms with E-state index in [0.717, 1.165) is 18.7 Å². The summed E-state index contributed by atoms with van der Waals surface area (Å²) in [7, 11) is 1.95. The number of benzene rings is 1. The molecule has 2 heteroatoms. The van der Waals surface area contributed by atoms with Crippen LogP contribution in [0.5, 0.6) is 0 Å². The third-order valence-corrected chi connectivity index (χ3v) is 2.86. The summed E-state index contributed by atoms with van der Waals surface area (Å²) in [6.45, 7) is 3.05. The standard InChI is InChI=1S/C15H18N2/c1-3-12-4-6-14(7-5-12)15-10-13(11-16-2)8-9-17-15/h4-10,16H,3,11H2,1-2H3. The fraction of sp³-hybridized carbons (Fsp3) is 0.267. The topological polar surface area (TPSA) is 24.9 Å². The zero-order valence-electron chi connectivity index (χ0n) is 10.4. The first-order chi connectivity index (χ1) is 8.33. The molecule has 0 saturated carbocycles. The van der Waals surface area contributed by atoms with E-state index in [1.165, 1.54) is 16.7 Å². The Bertz CT molecular complexity index is 475. The fourth-order valence-corrected chi connectivity index (χ4v) is 1.86. The van der Waals surface area contributed by atoms with Crippen LogP contribution >= 0.6 is 0 Å². The van der Waals surface area contributed by atoms with E-state index in [-0.39, 0.29) is 0 Å². The van der Waals surface area contributed by atoms with Crippen molar-refractivity contribution in [1.29, 1.82) is 0 Å². The van der Waals surface area contributed by atoms with Crippen LogP contribution in [-0.2, 0) is 13.0 Å². The molecule has 0 radical (unpaired) electrons. The van der Waals surface area contributed by atoms with E-state index in [9.17, 15) is 0 Å². The summed E-state index contributed by atoms with van der Waals surface area (Å²) < 4.78 is 0. The molecular weight excluding hydrogens is 208 g/mol. The van der Waals surface area contributed by atoms with Gasteiger partial charge in [0.25, 0.3) is 0 Å². The first-order valence-electron chi connectivity index (χ1n) is 6.02. The molecule has 0 fully saturated rings. The van der Waals surface area contributed by atoms with Gasteiger partial charge >= 0.3 is 0 Å². The fourth-order valence-electron chi connectivity index (χ4n) is 1.86. The van der Waals surface area contributed by atoms with E-state index in [4.69, 9.17) is 0 Å². The van der Waals surface area contributed by atoms with E-state index in [1.54, 1.807) is 0 Å². The highest BCUT2D eigenvalue weighted by Gasteiger charge is 2.00. The average molecular weight is 226 g/mol. The van der Waals surface area contributed by atoms with Crippen LogP contribution in [-0.4, -0.2) is 12.0 Å². The van der Waals surface area contributed by atoms with Crippen LogP contribution in [0.25, 0.3) is 11.3 Å². The number of aryl methyl sites for hydroxylation is 1. The monoisotopic (exact) mass is 226 g/mol. The second-order valence-corrected chi connectivity index (χ2v) is 4.13. The lowest BCUT2D eigenvalue weighted by Gasteiger charge is -2.05. The third kappa shape index (κ3) is 2.92. The Morgan fingerprint density at radius 1 is 1.06 bits per heavy atom. The number of pyridine rings is 1. The minimum atomic E-state index is 0.878. The molecule has 0 amide bonds. The number of aromatic nitrogens is 1. The highest BCUT2D eigenvalue weighted by Crippen LogP contribution is 2.18. The minimum Gasteiger partial charge on any atom is -0.316 e. The molecule has 0 aliphatic rings. The van der Waals surface area contributed by atoms with E-state index >= 15 is 0 Å². The molecule has 0 atom stereocenters. The molecule has 2 rings (SSSR count). The lowest BCUT2D eigenvalue weighted by atomic mass is 10.1. The highest BCUT2D eigenvalue weighted by molar-refractivity contribution is 5.60. The second-order valence-electron chi connectivity index (χ2n) is 4.13. The van der Waals surface area contributed by atoms with Crippen molar-refractivity contribution in [3.05, 3.63) is 53.7 Å². The normalized spacial score (nSPS) is 10.5. The van der Waals surface area contributed by atoms with Crippen molar-refractivity contribution in [3.8, 4) is 11.3 Å². The zero-order valence-corrected chi connectivity index (χ0v) is 10.4. The molecule has 0 aliphatic carbocycles. The Kier molecular flexibility index (Phi) is 3.89. The SMILES string of the molecule is CCc1ccc(-c2cc(CNC)ccn2)cc1. The average Bonchev–Trinajstić information content (AvgIpc) is 2.40. The van der Waals surface area contributed by atoms with Crippen molar-refractivity contribution < 1.29 is 0 Å². The van der Waals surface area contributed by atoms with Crippen molar-refractivity contribution in [3.63, 3.8) is 0 Å². The summed E-state index contributed by atoms with van der Waals surface area (Å²) in [5, 5.41) is 3.15. The van der Waals surface area contributed by atoms with Crippen molar-refractivity contribution in [1.82, 2.24) is 10.3 Å². The van der Waals surface area contributed by atoms with E-state index < -0.39 is 0 Å². The summed E-state index contributed by atoms with van der Waals surface area (Å²) in [6, 6.07) is 12.8. The third-order valence-electron chi connectivity index (χ3n) is 2.86. The van der Waals surface area contributed by atoms with Crippen LogP contribution < -0.4 is 5.32 Å². The van der Waals surface area contributed by atoms with Crippen molar-refractivity contribution in [2.75, 3.05) is 7.05 Å². The number of hydrogen-bond acceptors (Lipinski definition) is 2. The van der Waals surface area contributed by atoms with Crippen LogP contribution in [0.15, 0.2) is 42.6 Å². The Balaban J connectivity index is 2.28. The van der Waals surface area contributed by atoms with Crippen molar-refractivity contribution in [2.24, 2.45) is 0 Å². The van der Waals surface area contributed by atoms with Crippen molar-refractivity contribution in [2.45, 2.75) is 19.9 Å². The first-order valence-corrected chi connectivity index (χ1v) is 6.02. The summed E-state index contributed by atoms with van der Waals surface area (Å²) in [6.07, 6.45) is 2.95. The summed E-state index contributed by atoms with van der Waals surface area (Å²) >= 11 is 0. The summed E-state index contributed by atoms with van der Waals surface area (Å²) in [4.78, 5) is 4.42. The molecule has 2 aromatic rings. The van der Waals surface area contributed by atoms with Gasteiger partial charge in [-0.25, -0.2) is 0 Å². The van der Waals surface area contributed by atoms with Crippen LogP contribution in [0, 0.1) is 0 Å². The zero-order chi connectivity index (χ0) is 12.1. The van der Waals surface area contributed by atoms with Gasteiger partial charge in [0.2, 0.25) is 0 Å². The number of nitrogens with zero attached hydrogens (tertiary/aromatic N) is 1. The minimum absolute atomic E-state index is 0.878. The van der Waals surface area contributed by atoms with Gasteiger partial charge in [0.15, 0.2) is 0 Å². The first kappa shape index (κ1) is 11.8. The maximum atomic E-state index is 4.42. The maximum absolute atomic E-state index is 4.42. The second kappa shape index (κ2) is 5.60. The number of nitrogens with one attached hydrogen (secondary N) is 1. The Morgan fingerprint density at radius 3 is 2.47 bits per heavy atom. The van der Waals surface area contributed by atoms with Gasteiger partial charge in [-0.2, -0.15) is 0 Å². The van der Waals surface area contributed by atoms with Gasteiger partial charge in [-0.15, -0.1) is 0 Å². The molecule has 1 N–H and O–H groups in total. The van der Waals surface area contributed by atoms with Crippen LogP contribution in [0.3, 0.4) is 0 Å². The Morgan fingerprint density at radius 2 is 1.82 bits per heavy atom. The lowest BCUT2D eigenvalue weighted by Crippen LogP contribution is -2.05. The summed E-state index contributed by atoms with van der Waals surface area (Å²) in [5.41, 5.74) is 4.85. The van der Waals surface area contributed by atoms with Gasteiger partial charge in [-0.3, -0.25) is 4.98 Å². The van der Waals surface area contributed by atoms with Gasteiger partial charge in [-0.05, 0) is 36.7 Å². The molecule has 88 valence electrons. The maximum Gasteiger partial charge on any atom is 0.0705 e. The molecule has 0 saturated heterocycles. The molecule has 17 heavy (non-hydrogen) atoms. The van der Waals surface area contributed by atoms with Crippen molar-refractivity contribution >= 4 is 0 Å². The van der Waals surface area contributed by atoms with Crippen LogP contribution in [0.2, 0.25) is 0 Å². The smallest absolute Gasteiger partial charge is 0.0705 e. The molecule has 0 bridgehead atoms. The quantitative estimate of drug-likeness (QED) is 0.866. The predicted octanol–water partition coefficient (Wildman–Crippen LogP) is 3.03.